The van der Waals surface area contributed by atoms with E-state index in [2.05, 4.69) is 167 Å². The molecular formula is C37H37BN6OPt-2. The molecule has 0 saturated heterocycles. The van der Waals surface area contributed by atoms with Crippen LogP contribution in [0.5, 0.6) is 11.5 Å². The molecule has 0 saturated carbocycles. The molecule has 9 heteroatoms. The Hall–Kier alpha value is -4.16. The molecule has 7 nitrogen and oxygen atoms in total. The molecule has 0 unspecified atom stereocenters. The third-order valence-electron chi connectivity index (χ3n) is 8.74. The van der Waals surface area contributed by atoms with Crippen molar-refractivity contribution in [1.82, 2.24) is 23.8 Å². The number of aromatic nitrogens is 5. The van der Waals surface area contributed by atoms with Gasteiger partial charge in [-0.3, -0.25) is 0 Å². The molecule has 0 bridgehead atoms. The molecule has 3 aromatic heterocycles. The number of imidazole rings is 1. The standard InChI is InChI=1S/C37H37BN6O.Pt/c1-36(2,3)25-15-17-39-35(21-25)43-34-23-28(13-14-30(34)31-16-18-40-44(31)38(43)7)45-29-20-26(37(4,5)6)19-27(22-29)42-24-41(8)32-11-9-10-12-33(32)42;/h9-21H,1-8H3;/q-2;. The van der Waals surface area contributed by atoms with E-state index in [-0.39, 0.29) is 17.8 Å². The van der Waals surface area contributed by atoms with Crippen molar-refractivity contribution in [2.24, 2.45) is 7.05 Å². The Balaban J connectivity index is 1.36. The minimum atomic E-state index is -0.112. The van der Waals surface area contributed by atoms with Crippen molar-refractivity contribution in [3.8, 4) is 28.4 Å². The number of ether oxygens (including phenoxy) is 1. The summed E-state index contributed by atoms with van der Waals surface area (Å²) in [5, 5.41) is 4.67. The van der Waals surface area contributed by atoms with Gasteiger partial charge < -0.3 is 0 Å². The van der Waals surface area contributed by atoms with Crippen LogP contribution in [0.2, 0.25) is 6.82 Å². The maximum atomic E-state index is 6.67. The molecule has 0 spiro atoms. The fraction of sp³-hybridized carbons (Fsp3) is 0.270. The minimum Gasteiger partial charge on any atom is -0.193 e. The molecule has 1 aliphatic rings. The van der Waals surface area contributed by atoms with E-state index in [1.807, 2.05) is 23.1 Å². The predicted octanol–water partition coefficient (Wildman–Crippen LogP) is 8.41. The van der Waals surface area contributed by atoms with Crippen molar-refractivity contribution < 1.29 is 24.1 Å². The molecule has 6 aromatic rings. The van der Waals surface area contributed by atoms with E-state index in [0.29, 0.717) is 11.5 Å². The molecule has 0 atom stereocenters. The van der Waals surface area contributed by atoms with Crippen LogP contribution < -0.4 is 9.55 Å². The van der Waals surface area contributed by atoms with E-state index in [0.717, 1.165) is 48.9 Å². The first kappa shape index (κ1) is 30.5. The van der Waals surface area contributed by atoms with Gasteiger partial charge in [-0.05, 0) is 17.0 Å². The topological polar surface area (TPSA) is 53.0 Å². The zero-order valence-corrected chi connectivity index (χ0v) is 29.8. The number of rotatable bonds is 4. The number of benzene rings is 3. The van der Waals surface area contributed by atoms with Gasteiger partial charge >= 0.3 is 228 Å². The number of anilines is 2. The third-order valence-corrected chi connectivity index (χ3v) is 10.0. The fourth-order valence-electron chi connectivity index (χ4n) is 6.11. The van der Waals surface area contributed by atoms with Gasteiger partial charge in [-0.2, -0.15) is 5.10 Å². The molecule has 4 heterocycles. The molecule has 236 valence electrons. The van der Waals surface area contributed by atoms with Crippen molar-refractivity contribution in [3.05, 3.63) is 106 Å². The first-order valence-corrected chi connectivity index (χ1v) is 16.7. The zero-order chi connectivity index (χ0) is 32.5. The molecule has 1 aliphatic heterocycles. The molecule has 3 aromatic carbocycles. The van der Waals surface area contributed by atoms with Crippen molar-refractivity contribution in [2.45, 2.75) is 59.2 Å². The van der Waals surface area contributed by atoms with E-state index >= 15 is 0 Å². The van der Waals surface area contributed by atoms with E-state index in [1.165, 1.54) is 5.56 Å². The SMILES string of the molecule is CB1N(c2cc(C(C)(C)C)ccn2)c2[c-]c(Oc3[c-]c(-n4[c](=[Pt])n(C)c5ccccc54)cc(C(C)(C)C)c3)ccc2-c2ccnn21. The van der Waals surface area contributed by atoms with Gasteiger partial charge in [-0.1, -0.05) is 20.8 Å². The first-order valence-electron chi connectivity index (χ1n) is 15.6. The third kappa shape index (κ3) is 5.17. The number of nitrogens with zero attached hydrogens (tertiary/aromatic N) is 6. The zero-order valence-electron chi connectivity index (χ0n) is 27.5. The summed E-state index contributed by atoms with van der Waals surface area (Å²) in [4.78, 5) is 7.03. The van der Waals surface area contributed by atoms with Crippen LogP contribution >= 0.6 is 0 Å². The fourth-order valence-corrected chi connectivity index (χ4v) is 6.93. The Morgan fingerprint density at radius 1 is 0.804 bits per heavy atom. The summed E-state index contributed by atoms with van der Waals surface area (Å²) in [6.45, 7) is 15.4. The van der Waals surface area contributed by atoms with Gasteiger partial charge in [0.05, 0.1) is 0 Å². The molecule has 7 rings (SSSR count). The maximum absolute atomic E-state index is 6.67. The summed E-state index contributed by atoms with van der Waals surface area (Å²) in [5.41, 5.74) is 8.44. The molecule has 0 fully saturated rings. The van der Waals surface area contributed by atoms with Crippen molar-refractivity contribution in [2.75, 3.05) is 4.81 Å². The first-order chi connectivity index (χ1) is 21.8. The summed E-state index contributed by atoms with van der Waals surface area (Å²) in [5.74, 6) is 2.10. The Bertz CT molecular complexity index is 2180. The smallest absolute Gasteiger partial charge is 0.193 e. The molecule has 0 amide bonds. The van der Waals surface area contributed by atoms with Crippen LogP contribution in [0, 0.1) is 15.9 Å². The summed E-state index contributed by atoms with van der Waals surface area (Å²) in [6, 6.07) is 30.4. The Morgan fingerprint density at radius 2 is 1.54 bits per heavy atom. The van der Waals surface area contributed by atoms with E-state index in [1.54, 1.807) is 0 Å². The van der Waals surface area contributed by atoms with Crippen LogP contribution in [0.25, 0.3) is 28.0 Å². The predicted molar refractivity (Wildman–Crippen MR) is 182 cm³/mol. The number of aryl methyl sites for hydroxylation is 1. The van der Waals surface area contributed by atoms with Crippen LogP contribution in [0.15, 0.2) is 79.1 Å². The van der Waals surface area contributed by atoms with Crippen LogP contribution in [0.3, 0.4) is 0 Å². The average molecular weight is 788 g/mol. The van der Waals surface area contributed by atoms with Crippen molar-refractivity contribution in [3.63, 3.8) is 0 Å². The van der Waals surface area contributed by atoms with Gasteiger partial charge in [0, 0.05) is 12.4 Å². The molecular weight excluding hydrogens is 750 g/mol. The van der Waals surface area contributed by atoms with E-state index < -0.39 is 0 Å². The monoisotopic (exact) mass is 787 g/mol. The molecule has 0 aliphatic carbocycles. The second-order valence-corrected chi connectivity index (χ2v) is 15.0. The Morgan fingerprint density at radius 3 is 2.28 bits per heavy atom. The van der Waals surface area contributed by atoms with Gasteiger partial charge in [0.1, 0.15) is 0 Å². The molecule has 0 radical (unpaired) electrons. The normalized spacial score (nSPS) is 13.3. The Kier molecular flexibility index (Phi) is 7.28. The van der Waals surface area contributed by atoms with Gasteiger partial charge in [0.25, 0.3) is 0 Å². The van der Waals surface area contributed by atoms with E-state index in [9.17, 15) is 0 Å². The molecule has 0 N–H and O–H groups in total. The van der Waals surface area contributed by atoms with Crippen LogP contribution in [0.4, 0.5) is 11.5 Å². The Labute approximate surface area is 282 Å². The summed E-state index contributed by atoms with van der Waals surface area (Å²) in [6.07, 6.45) is 3.74. The van der Waals surface area contributed by atoms with Gasteiger partial charge in [-0.25, -0.2) is 0 Å². The van der Waals surface area contributed by atoms with E-state index in [4.69, 9.17) is 9.72 Å². The second kappa shape index (κ2) is 11.0. The van der Waals surface area contributed by atoms with Crippen LogP contribution in [0.1, 0.15) is 52.7 Å². The number of hydrogen-bond acceptors (Lipinski definition) is 4. The van der Waals surface area contributed by atoms with Gasteiger partial charge in [0.2, 0.25) is 0 Å². The number of hydrogen-bond donors (Lipinski definition) is 0. The second-order valence-electron chi connectivity index (χ2n) is 14.0. The number of para-hydroxylation sites is 2. The summed E-state index contributed by atoms with van der Waals surface area (Å²) >= 11 is 2.39. The van der Waals surface area contributed by atoms with Crippen molar-refractivity contribution >= 4 is 29.5 Å². The summed E-state index contributed by atoms with van der Waals surface area (Å²) < 4.78 is 14.2. The van der Waals surface area contributed by atoms with Crippen LogP contribution in [-0.4, -0.2) is 30.8 Å². The quantitative estimate of drug-likeness (QED) is 0.133. The average Bonchev–Trinajstić information content (AvgIpc) is 3.60. The van der Waals surface area contributed by atoms with Gasteiger partial charge in [-0.15, -0.1) is 0 Å². The number of fused-ring (bicyclic) bond motifs is 4. The van der Waals surface area contributed by atoms with Crippen molar-refractivity contribution in [1.29, 1.82) is 0 Å². The molecule has 46 heavy (non-hydrogen) atoms. The summed E-state index contributed by atoms with van der Waals surface area (Å²) in [7, 11) is 2.10. The number of pyridine rings is 1. The van der Waals surface area contributed by atoms with Crippen LogP contribution in [-0.2, 0) is 37.2 Å². The van der Waals surface area contributed by atoms with Gasteiger partial charge in [0.15, 0.2) is 0 Å². The minimum absolute atomic E-state index is 0.0172.